The first kappa shape index (κ1) is 10.5. The summed E-state index contributed by atoms with van der Waals surface area (Å²) in [5.74, 6) is -0.625. The minimum absolute atomic E-state index is 0.275. The summed E-state index contributed by atoms with van der Waals surface area (Å²) in [6.07, 6.45) is 0.0512. The first-order valence-corrected chi connectivity index (χ1v) is 4.73. The van der Waals surface area contributed by atoms with E-state index in [9.17, 15) is 9.90 Å². The average Bonchev–Trinajstić information content (AvgIpc) is 2.09. The molecule has 1 heterocycles. The van der Waals surface area contributed by atoms with E-state index in [-0.39, 0.29) is 17.9 Å². The highest BCUT2D eigenvalue weighted by molar-refractivity contribution is 5.73. The van der Waals surface area contributed by atoms with Gasteiger partial charge in [0.2, 0.25) is 0 Å². The predicted octanol–water partition coefficient (Wildman–Crippen LogP) is -0.0916. The lowest BCUT2D eigenvalue weighted by molar-refractivity contribution is -0.153. The van der Waals surface area contributed by atoms with Crippen LogP contribution in [-0.2, 0) is 9.53 Å². The van der Waals surface area contributed by atoms with Gasteiger partial charge < -0.3 is 15.2 Å². The van der Waals surface area contributed by atoms with E-state index < -0.39 is 6.10 Å². The van der Waals surface area contributed by atoms with Gasteiger partial charge in [-0.2, -0.15) is 0 Å². The summed E-state index contributed by atoms with van der Waals surface area (Å²) in [5, 5.41) is 12.6. The second kappa shape index (κ2) is 4.58. The first-order chi connectivity index (χ1) is 6.15. The maximum atomic E-state index is 11.3. The molecule has 0 radical (unpaired) electrons. The van der Waals surface area contributed by atoms with Crippen LogP contribution in [0.1, 0.15) is 20.3 Å². The lowest BCUT2D eigenvalue weighted by Gasteiger charge is -2.30. The largest absolute Gasteiger partial charge is 0.466 e. The normalized spacial score (nSPS) is 34.2. The summed E-state index contributed by atoms with van der Waals surface area (Å²) in [4.78, 5) is 11.3. The van der Waals surface area contributed by atoms with Crippen molar-refractivity contribution in [3.8, 4) is 0 Å². The Bertz CT molecular complexity index is 184. The first-order valence-electron chi connectivity index (χ1n) is 4.73. The van der Waals surface area contributed by atoms with Crippen LogP contribution in [0, 0.1) is 5.92 Å². The summed E-state index contributed by atoms with van der Waals surface area (Å²) in [7, 11) is 0. The number of carbonyl (C=O) groups excluding carboxylic acids is 1. The van der Waals surface area contributed by atoms with Gasteiger partial charge in [0.05, 0.1) is 18.6 Å². The fraction of sp³-hybridized carbons (Fsp3) is 0.889. The van der Waals surface area contributed by atoms with Crippen molar-refractivity contribution in [1.29, 1.82) is 0 Å². The molecule has 76 valence electrons. The second-order valence-electron chi connectivity index (χ2n) is 3.47. The van der Waals surface area contributed by atoms with Crippen molar-refractivity contribution in [3.05, 3.63) is 0 Å². The van der Waals surface area contributed by atoms with Crippen LogP contribution in [-0.4, -0.2) is 36.4 Å². The molecule has 4 heteroatoms. The third-order valence-corrected chi connectivity index (χ3v) is 2.34. The van der Waals surface area contributed by atoms with Crippen molar-refractivity contribution in [2.45, 2.75) is 32.4 Å². The highest BCUT2D eigenvalue weighted by Crippen LogP contribution is 2.18. The molecule has 0 saturated carbocycles. The number of hydrogen-bond acceptors (Lipinski definition) is 4. The number of piperidine rings is 1. The van der Waals surface area contributed by atoms with Gasteiger partial charge in [-0.15, -0.1) is 0 Å². The van der Waals surface area contributed by atoms with Gasteiger partial charge in [-0.05, 0) is 20.3 Å². The monoisotopic (exact) mass is 187 g/mol. The van der Waals surface area contributed by atoms with Crippen LogP contribution >= 0.6 is 0 Å². The van der Waals surface area contributed by atoms with Crippen LogP contribution in [0.5, 0.6) is 0 Å². The molecular weight excluding hydrogens is 170 g/mol. The van der Waals surface area contributed by atoms with E-state index in [1.807, 2.05) is 6.92 Å². The smallest absolute Gasteiger partial charge is 0.311 e. The van der Waals surface area contributed by atoms with Crippen molar-refractivity contribution >= 4 is 5.97 Å². The quantitative estimate of drug-likeness (QED) is 0.593. The van der Waals surface area contributed by atoms with Gasteiger partial charge in [-0.1, -0.05) is 0 Å². The van der Waals surface area contributed by atoms with E-state index in [0.29, 0.717) is 19.6 Å². The lowest BCUT2D eigenvalue weighted by Crippen LogP contribution is -2.48. The molecule has 1 aliphatic rings. The van der Waals surface area contributed by atoms with Gasteiger partial charge in [-0.25, -0.2) is 0 Å². The molecule has 4 nitrogen and oxygen atoms in total. The molecule has 13 heavy (non-hydrogen) atoms. The number of aliphatic hydroxyl groups excluding tert-OH is 1. The zero-order valence-electron chi connectivity index (χ0n) is 8.12. The molecule has 0 bridgehead atoms. The Kier molecular flexibility index (Phi) is 3.69. The zero-order valence-corrected chi connectivity index (χ0v) is 8.12. The summed E-state index contributed by atoms with van der Waals surface area (Å²) < 4.78 is 4.87. The van der Waals surface area contributed by atoms with Crippen molar-refractivity contribution in [1.82, 2.24) is 5.32 Å². The molecule has 0 aromatic carbocycles. The number of nitrogens with one attached hydrogen (secondary N) is 1. The van der Waals surface area contributed by atoms with E-state index in [2.05, 4.69) is 5.32 Å². The molecule has 1 rings (SSSR count). The molecule has 1 fully saturated rings. The fourth-order valence-electron chi connectivity index (χ4n) is 1.59. The molecule has 0 amide bonds. The van der Waals surface area contributed by atoms with Crippen LogP contribution in [0.2, 0.25) is 0 Å². The Labute approximate surface area is 78.3 Å². The minimum Gasteiger partial charge on any atom is -0.466 e. The number of ether oxygens (including phenoxy) is 1. The molecule has 0 aromatic heterocycles. The van der Waals surface area contributed by atoms with Crippen LogP contribution in [0.3, 0.4) is 0 Å². The number of rotatable bonds is 2. The highest BCUT2D eigenvalue weighted by atomic mass is 16.5. The van der Waals surface area contributed by atoms with Crippen LogP contribution in [0.15, 0.2) is 0 Å². The van der Waals surface area contributed by atoms with Gasteiger partial charge in [0, 0.05) is 12.6 Å². The maximum absolute atomic E-state index is 11.3. The number of hydrogen-bond donors (Lipinski definition) is 2. The standard InChI is InChI=1S/C9H17NO3/c1-3-13-9(12)7-4-6(2)10-5-8(7)11/h6-8,10-11H,3-5H2,1-2H3/t6-,7+,8-/m1/s1. The molecule has 0 spiro atoms. The molecule has 0 aliphatic carbocycles. The van der Waals surface area contributed by atoms with E-state index in [0.717, 1.165) is 0 Å². The molecular formula is C9H17NO3. The van der Waals surface area contributed by atoms with E-state index in [4.69, 9.17) is 4.74 Å². The molecule has 3 atom stereocenters. The summed E-state index contributed by atoms with van der Waals surface area (Å²) in [6.45, 7) is 4.63. The number of aliphatic hydroxyl groups is 1. The van der Waals surface area contributed by atoms with Gasteiger partial charge in [-0.3, -0.25) is 4.79 Å². The maximum Gasteiger partial charge on any atom is 0.311 e. The van der Waals surface area contributed by atoms with Crippen LogP contribution in [0.4, 0.5) is 0 Å². The molecule has 1 saturated heterocycles. The van der Waals surface area contributed by atoms with Crippen molar-refractivity contribution in [2.24, 2.45) is 5.92 Å². The van der Waals surface area contributed by atoms with E-state index in [1.165, 1.54) is 0 Å². The van der Waals surface area contributed by atoms with Crippen molar-refractivity contribution in [3.63, 3.8) is 0 Å². The SMILES string of the molecule is CCOC(=O)[C@H]1C[C@@H](C)NC[C@H]1O. The third kappa shape index (κ3) is 2.67. The molecule has 1 aliphatic heterocycles. The Hall–Kier alpha value is -0.610. The number of carbonyl (C=O) groups is 1. The van der Waals surface area contributed by atoms with Crippen LogP contribution < -0.4 is 5.32 Å². The summed E-state index contributed by atoms with van der Waals surface area (Å²) >= 11 is 0. The van der Waals surface area contributed by atoms with Gasteiger partial charge in [0.25, 0.3) is 0 Å². The summed E-state index contributed by atoms with van der Waals surface area (Å²) in [5.41, 5.74) is 0. The Morgan fingerprint density at radius 1 is 1.69 bits per heavy atom. The van der Waals surface area contributed by atoms with Gasteiger partial charge >= 0.3 is 5.97 Å². The summed E-state index contributed by atoms with van der Waals surface area (Å²) in [6, 6.07) is 0.276. The molecule has 2 N–H and O–H groups in total. The van der Waals surface area contributed by atoms with Gasteiger partial charge in [0.15, 0.2) is 0 Å². The van der Waals surface area contributed by atoms with Gasteiger partial charge in [0.1, 0.15) is 0 Å². The fourth-order valence-corrected chi connectivity index (χ4v) is 1.59. The Balaban J connectivity index is 2.50. The van der Waals surface area contributed by atoms with E-state index >= 15 is 0 Å². The predicted molar refractivity (Wildman–Crippen MR) is 48.2 cm³/mol. The Morgan fingerprint density at radius 2 is 2.38 bits per heavy atom. The lowest BCUT2D eigenvalue weighted by atomic mass is 9.91. The average molecular weight is 187 g/mol. The number of esters is 1. The topological polar surface area (TPSA) is 58.6 Å². The molecule has 0 aromatic rings. The number of β-amino-alcohol motifs (C(OH)–C–C–N with tert-alkyl or cyclic N) is 1. The highest BCUT2D eigenvalue weighted by Gasteiger charge is 2.33. The Morgan fingerprint density at radius 3 is 3.00 bits per heavy atom. The van der Waals surface area contributed by atoms with Crippen molar-refractivity contribution < 1.29 is 14.6 Å². The van der Waals surface area contributed by atoms with E-state index in [1.54, 1.807) is 6.92 Å². The van der Waals surface area contributed by atoms with Crippen LogP contribution in [0.25, 0.3) is 0 Å². The second-order valence-corrected chi connectivity index (χ2v) is 3.47. The third-order valence-electron chi connectivity index (χ3n) is 2.34. The molecule has 0 unspecified atom stereocenters. The van der Waals surface area contributed by atoms with Crippen molar-refractivity contribution in [2.75, 3.05) is 13.2 Å². The zero-order chi connectivity index (χ0) is 9.84. The minimum atomic E-state index is -0.602.